The van der Waals surface area contributed by atoms with Gasteiger partial charge in [0, 0.05) is 13.8 Å². The van der Waals surface area contributed by atoms with Crippen molar-refractivity contribution in [3.63, 3.8) is 0 Å². The van der Waals surface area contributed by atoms with E-state index >= 15 is 0 Å². The van der Waals surface area contributed by atoms with E-state index in [-0.39, 0.29) is 11.8 Å². The first-order valence-corrected chi connectivity index (χ1v) is 7.93. The average Bonchev–Trinajstić information content (AvgIpc) is 2.77. The summed E-state index contributed by atoms with van der Waals surface area (Å²) < 4.78 is 11.8. The van der Waals surface area contributed by atoms with Crippen LogP contribution in [0.5, 0.6) is 11.6 Å². The van der Waals surface area contributed by atoms with E-state index in [1.54, 1.807) is 19.1 Å². The molecule has 0 fully saturated rings. The SMILES string of the molecule is CCOc1ccc(N=c2sc(C)c(OC(C)=O)n2C(C)=O)cc1. The van der Waals surface area contributed by atoms with Gasteiger partial charge in [-0.15, -0.1) is 0 Å². The third kappa shape index (κ3) is 4.07. The van der Waals surface area contributed by atoms with Crippen molar-refractivity contribution >= 4 is 28.9 Å². The molecule has 0 saturated carbocycles. The van der Waals surface area contributed by atoms with Gasteiger partial charge in [0.15, 0.2) is 4.80 Å². The van der Waals surface area contributed by atoms with E-state index in [2.05, 4.69) is 4.99 Å². The van der Waals surface area contributed by atoms with Gasteiger partial charge in [0.05, 0.1) is 17.2 Å². The van der Waals surface area contributed by atoms with Crippen molar-refractivity contribution in [3.05, 3.63) is 33.9 Å². The zero-order valence-electron chi connectivity index (χ0n) is 13.5. The molecule has 0 aliphatic rings. The molecule has 0 spiro atoms. The summed E-state index contributed by atoms with van der Waals surface area (Å²) in [4.78, 5) is 28.8. The molecule has 1 heterocycles. The molecule has 2 aromatic rings. The highest BCUT2D eigenvalue weighted by atomic mass is 32.1. The highest BCUT2D eigenvalue weighted by Crippen LogP contribution is 2.22. The highest BCUT2D eigenvalue weighted by Gasteiger charge is 2.17. The minimum absolute atomic E-state index is 0.222. The van der Waals surface area contributed by atoms with Gasteiger partial charge in [0.25, 0.3) is 0 Å². The van der Waals surface area contributed by atoms with Crippen molar-refractivity contribution in [3.8, 4) is 11.6 Å². The molecule has 1 aromatic heterocycles. The maximum absolute atomic E-state index is 11.9. The third-order valence-corrected chi connectivity index (χ3v) is 3.80. The number of thiazole rings is 1. The number of nitrogens with zero attached hydrogens (tertiary/aromatic N) is 2. The summed E-state index contributed by atoms with van der Waals surface area (Å²) in [6.45, 7) is 6.98. The monoisotopic (exact) mass is 334 g/mol. The maximum Gasteiger partial charge on any atom is 0.309 e. The van der Waals surface area contributed by atoms with E-state index in [9.17, 15) is 9.59 Å². The van der Waals surface area contributed by atoms with Gasteiger partial charge in [0.2, 0.25) is 11.8 Å². The van der Waals surface area contributed by atoms with Crippen molar-refractivity contribution in [2.45, 2.75) is 27.7 Å². The number of benzene rings is 1. The minimum Gasteiger partial charge on any atom is -0.494 e. The number of aromatic nitrogens is 1. The molecule has 7 heteroatoms. The quantitative estimate of drug-likeness (QED) is 0.806. The summed E-state index contributed by atoms with van der Waals surface area (Å²) in [5.41, 5.74) is 0.680. The van der Waals surface area contributed by atoms with E-state index in [1.165, 1.54) is 29.8 Å². The van der Waals surface area contributed by atoms with Gasteiger partial charge in [0.1, 0.15) is 5.75 Å². The molecular formula is C16H18N2O4S. The van der Waals surface area contributed by atoms with Crippen molar-refractivity contribution in [1.82, 2.24) is 4.57 Å². The summed E-state index contributed by atoms with van der Waals surface area (Å²) in [7, 11) is 0. The van der Waals surface area contributed by atoms with Gasteiger partial charge in [-0.2, -0.15) is 0 Å². The number of rotatable bonds is 4. The maximum atomic E-state index is 11.9. The van der Waals surface area contributed by atoms with Crippen LogP contribution in [-0.2, 0) is 4.79 Å². The van der Waals surface area contributed by atoms with Gasteiger partial charge >= 0.3 is 5.97 Å². The Balaban J connectivity index is 2.49. The molecular weight excluding hydrogens is 316 g/mol. The second-order valence-corrected chi connectivity index (χ2v) is 5.91. The standard InChI is InChI=1S/C16H18N2O4S/c1-5-21-14-8-6-13(7-9-14)17-16-18(11(3)19)15(10(2)23-16)22-12(4)20/h6-9H,5H2,1-4H3. The Hall–Kier alpha value is -2.41. The Bertz CT molecular complexity index is 787. The summed E-state index contributed by atoms with van der Waals surface area (Å²) >= 11 is 1.29. The summed E-state index contributed by atoms with van der Waals surface area (Å²) in [5, 5.41) is 0. The van der Waals surface area contributed by atoms with Gasteiger partial charge in [-0.3, -0.25) is 9.59 Å². The summed E-state index contributed by atoms with van der Waals surface area (Å²) in [5.74, 6) is 0.234. The lowest BCUT2D eigenvalue weighted by Gasteiger charge is -2.05. The van der Waals surface area contributed by atoms with Gasteiger partial charge in [-0.1, -0.05) is 11.3 Å². The normalized spacial score (nSPS) is 11.4. The van der Waals surface area contributed by atoms with Crippen LogP contribution in [0.2, 0.25) is 0 Å². The van der Waals surface area contributed by atoms with Crippen molar-refractivity contribution in [2.75, 3.05) is 6.61 Å². The van der Waals surface area contributed by atoms with E-state index < -0.39 is 5.97 Å². The van der Waals surface area contributed by atoms with Crippen LogP contribution in [0.3, 0.4) is 0 Å². The molecule has 0 radical (unpaired) electrons. The Kier molecular flexibility index (Phi) is 5.33. The lowest BCUT2D eigenvalue weighted by Crippen LogP contribution is -2.22. The Morgan fingerprint density at radius 1 is 1.22 bits per heavy atom. The van der Waals surface area contributed by atoms with E-state index in [0.29, 0.717) is 22.0 Å². The second-order valence-electron chi connectivity index (χ2n) is 4.73. The number of carbonyl (C=O) groups excluding carboxylic acids is 2. The molecule has 0 aliphatic heterocycles. The minimum atomic E-state index is -0.478. The lowest BCUT2D eigenvalue weighted by atomic mass is 10.3. The Labute approximate surface area is 138 Å². The van der Waals surface area contributed by atoms with Gasteiger partial charge in [-0.05, 0) is 38.1 Å². The zero-order chi connectivity index (χ0) is 17.0. The number of hydrogen-bond acceptors (Lipinski definition) is 6. The Morgan fingerprint density at radius 3 is 2.39 bits per heavy atom. The van der Waals surface area contributed by atoms with Crippen LogP contribution in [0.1, 0.15) is 30.4 Å². The first kappa shape index (κ1) is 17.0. The largest absolute Gasteiger partial charge is 0.494 e. The predicted octanol–water partition coefficient (Wildman–Crippen LogP) is 3.07. The fourth-order valence-electron chi connectivity index (χ4n) is 1.97. The zero-order valence-corrected chi connectivity index (χ0v) is 14.3. The molecule has 0 bridgehead atoms. The van der Waals surface area contributed by atoms with Crippen LogP contribution in [0.15, 0.2) is 29.3 Å². The van der Waals surface area contributed by atoms with Crippen molar-refractivity contribution in [2.24, 2.45) is 4.99 Å². The van der Waals surface area contributed by atoms with Crippen LogP contribution < -0.4 is 14.3 Å². The lowest BCUT2D eigenvalue weighted by molar-refractivity contribution is -0.132. The summed E-state index contributed by atoms with van der Waals surface area (Å²) in [6, 6.07) is 7.23. The van der Waals surface area contributed by atoms with Crippen LogP contribution in [0, 0.1) is 6.92 Å². The first-order valence-electron chi connectivity index (χ1n) is 7.11. The van der Waals surface area contributed by atoms with Crippen LogP contribution >= 0.6 is 11.3 Å². The van der Waals surface area contributed by atoms with Crippen LogP contribution in [0.4, 0.5) is 5.69 Å². The molecule has 6 nitrogen and oxygen atoms in total. The van der Waals surface area contributed by atoms with Crippen molar-refractivity contribution in [1.29, 1.82) is 0 Å². The van der Waals surface area contributed by atoms with Gasteiger partial charge < -0.3 is 9.47 Å². The van der Waals surface area contributed by atoms with E-state index in [1.807, 2.05) is 19.1 Å². The third-order valence-electron chi connectivity index (χ3n) is 2.87. The molecule has 0 N–H and O–H groups in total. The van der Waals surface area contributed by atoms with E-state index in [0.717, 1.165) is 5.75 Å². The average molecular weight is 334 g/mol. The number of carbonyl (C=O) groups is 2. The second kappa shape index (κ2) is 7.23. The van der Waals surface area contributed by atoms with E-state index in [4.69, 9.17) is 9.47 Å². The van der Waals surface area contributed by atoms with Crippen LogP contribution in [-0.4, -0.2) is 23.1 Å². The molecule has 0 amide bonds. The summed E-state index contributed by atoms with van der Waals surface area (Å²) in [6.07, 6.45) is 0. The van der Waals surface area contributed by atoms with Crippen LogP contribution in [0.25, 0.3) is 0 Å². The first-order chi connectivity index (χ1) is 10.9. The van der Waals surface area contributed by atoms with Gasteiger partial charge in [-0.25, -0.2) is 9.56 Å². The molecule has 0 unspecified atom stereocenters. The smallest absolute Gasteiger partial charge is 0.309 e. The fourth-order valence-corrected chi connectivity index (χ4v) is 2.92. The number of aryl methyl sites for hydroxylation is 1. The molecule has 122 valence electrons. The highest BCUT2D eigenvalue weighted by molar-refractivity contribution is 7.09. The van der Waals surface area contributed by atoms with Crippen molar-refractivity contribution < 1.29 is 19.1 Å². The number of hydrogen-bond donors (Lipinski definition) is 0. The molecule has 0 saturated heterocycles. The topological polar surface area (TPSA) is 69.9 Å². The Morgan fingerprint density at radius 2 is 1.87 bits per heavy atom. The molecule has 0 aliphatic carbocycles. The molecule has 0 atom stereocenters. The fraction of sp³-hybridized carbons (Fsp3) is 0.312. The molecule has 23 heavy (non-hydrogen) atoms. The number of ether oxygens (including phenoxy) is 2. The predicted molar refractivity (Wildman–Crippen MR) is 87.5 cm³/mol. The molecule has 2 rings (SSSR count). The number of esters is 1. The molecule has 1 aromatic carbocycles.